The van der Waals surface area contributed by atoms with Crippen molar-refractivity contribution in [2.45, 2.75) is 33.3 Å². The Morgan fingerprint density at radius 1 is 1.41 bits per heavy atom. The first kappa shape index (κ1) is 14.0. The summed E-state index contributed by atoms with van der Waals surface area (Å²) >= 11 is 3.38. The molecule has 0 amide bonds. The van der Waals surface area contributed by atoms with E-state index in [2.05, 4.69) is 15.9 Å². The van der Waals surface area contributed by atoms with E-state index in [1.54, 1.807) is 20.8 Å². The molecule has 0 aromatic heterocycles. The van der Waals surface area contributed by atoms with E-state index in [0.717, 1.165) is 10.0 Å². The lowest BCUT2D eigenvalue weighted by atomic mass is 10.1. The van der Waals surface area contributed by atoms with Crippen LogP contribution < -0.4 is 4.74 Å². The van der Waals surface area contributed by atoms with Crippen molar-refractivity contribution in [1.82, 2.24) is 0 Å². The molecule has 4 heteroatoms. The first-order chi connectivity index (χ1) is 7.86. The lowest BCUT2D eigenvalue weighted by Crippen LogP contribution is -2.39. The molecule has 17 heavy (non-hydrogen) atoms. The Balaban J connectivity index is 2.86. The van der Waals surface area contributed by atoms with Crippen LogP contribution in [-0.4, -0.2) is 18.2 Å². The van der Waals surface area contributed by atoms with Gasteiger partial charge in [0, 0.05) is 4.47 Å². The fourth-order valence-corrected chi connectivity index (χ4v) is 1.82. The molecule has 1 aromatic carbocycles. The summed E-state index contributed by atoms with van der Waals surface area (Å²) in [6.07, 6.45) is 0. The van der Waals surface area contributed by atoms with Crippen LogP contribution in [-0.2, 0) is 9.53 Å². The van der Waals surface area contributed by atoms with Gasteiger partial charge in [-0.05, 0) is 51.5 Å². The number of rotatable bonds is 4. The molecule has 0 radical (unpaired) electrons. The molecule has 1 aromatic rings. The van der Waals surface area contributed by atoms with E-state index in [1.807, 2.05) is 25.1 Å². The standard InChI is InChI=1S/C13H17BrO3/c1-5-16-12(15)13(3,4)17-11-7-6-10(14)8-9(11)2/h6-8H,5H2,1-4H3. The van der Waals surface area contributed by atoms with Crippen molar-refractivity contribution in [2.75, 3.05) is 6.61 Å². The normalized spacial score (nSPS) is 11.1. The molecule has 0 bridgehead atoms. The molecule has 0 atom stereocenters. The van der Waals surface area contributed by atoms with Gasteiger partial charge < -0.3 is 9.47 Å². The Morgan fingerprint density at radius 2 is 2.06 bits per heavy atom. The Morgan fingerprint density at radius 3 is 2.59 bits per heavy atom. The quantitative estimate of drug-likeness (QED) is 0.799. The van der Waals surface area contributed by atoms with Crippen LogP contribution in [0.2, 0.25) is 0 Å². The van der Waals surface area contributed by atoms with Gasteiger partial charge in [-0.2, -0.15) is 0 Å². The minimum absolute atomic E-state index is 0.352. The summed E-state index contributed by atoms with van der Waals surface area (Å²) in [4.78, 5) is 11.7. The summed E-state index contributed by atoms with van der Waals surface area (Å²) in [5, 5.41) is 0. The highest BCUT2D eigenvalue weighted by Crippen LogP contribution is 2.26. The second-order valence-corrected chi connectivity index (χ2v) is 5.16. The van der Waals surface area contributed by atoms with Gasteiger partial charge in [-0.3, -0.25) is 0 Å². The molecule has 0 heterocycles. The number of hydrogen-bond donors (Lipinski definition) is 0. The summed E-state index contributed by atoms with van der Waals surface area (Å²) in [6.45, 7) is 7.46. The maximum Gasteiger partial charge on any atom is 0.349 e. The van der Waals surface area contributed by atoms with Crippen LogP contribution in [0.3, 0.4) is 0 Å². The van der Waals surface area contributed by atoms with E-state index in [9.17, 15) is 4.79 Å². The van der Waals surface area contributed by atoms with Gasteiger partial charge in [0.05, 0.1) is 6.61 Å². The van der Waals surface area contributed by atoms with Crippen molar-refractivity contribution in [3.8, 4) is 5.75 Å². The van der Waals surface area contributed by atoms with E-state index in [4.69, 9.17) is 9.47 Å². The number of carbonyl (C=O) groups is 1. The van der Waals surface area contributed by atoms with Crippen molar-refractivity contribution < 1.29 is 14.3 Å². The van der Waals surface area contributed by atoms with Crippen LogP contribution in [0.5, 0.6) is 5.75 Å². The fourth-order valence-electron chi connectivity index (χ4n) is 1.35. The number of ether oxygens (including phenoxy) is 2. The monoisotopic (exact) mass is 300 g/mol. The zero-order valence-electron chi connectivity index (χ0n) is 10.5. The number of aryl methyl sites for hydroxylation is 1. The van der Waals surface area contributed by atoms with Gasteiger partial charge in [0.2, 0.25) is 0 Å². The third kappa shape index (κ3) is 3.73. The molecule has 3 nitrogen and oxygen atoms in total. The van der Waals surface area contributed by atoms with E-state index in [-0.39, 0.29) is 5.97 Å². The van der Waals surface area contributed by atoms with Gasteiger partial charge in [-0.25, -0.2) is 4.79 Å². The van der Waals surface area contributed by atoms with E-state index >= 15 is 0 Å². The molecule has 1 rings (SSSR count). The predicted octanol–water partition coefficient (Wildman–Crippen LogP) is 3.48. The molecule has 0 saturated heterocycles. The Hall–Kier alpha value is -1.03. The van der Waals surface area contributed by atoms with Crippen molar-refractivity contribution in [1.29, 1.82) is 0 Å². The number of benzene rings is 1. The molecule has 0 unspecified atom stereocenters. The largest absolute Gasteiger partial charge is 0.476 e. The first-order valence-electron chi connectivity index (χ1n) is 5.49. The van der Waals surface area contributed by atoms with E-state index in [0.29, 0.717) is 12.4 Å². The molecule has 0 N–H and O–H groups in total. The summed E-state index contributed by atoms with van der Waals surface area (Å²) in [6, 6.07) is 5.65. The van der Waals surface area contributed by atoms with Crippen LogP contribution in [0, 0.1) is 6.92 Å². The first-order valence-corrected chi connectivity index (χ1v) is 6.28. The lowest BCUT2D eigenvalue weighted by molar-refractivity contribution is -0.158. The van der Waals surface area contributed by atoms with Crippen LogP contribution in [0.15, 0.2) is 22.7 Å². The molecule has 0 aliphatic rings. The Bertz CT molecular complexity index is 413. The van der Waals surface area contributed by atoms with Crippen LogP contribution in [0.1, 0.15) is 26.3 Å². The maximum atomic E-state index is 11.7. The van der Waals surface area contributed by atoms with Crippen molar-refractivity contribution in [3.63, 3.8) is 0 Å². The van der Waals surface area contributed by atoms with Crippen LogP contribution in [0.25, 0.3) is 0 Å². The minimum Gasteiger partial charge on any atom is -0.476 e. The number of hydrogen-bond acceptors (Lipinski definition) is 3. The zero-order chi connectivity index (χ0) is 13.1. The Labute approximate surface area is 110 Å². The van der Waals surface area contributed by atoms with Crippen molar-refractivity contribution >= 4 is 21.9 Å². The fraction of sp³-hybridized carbons (Fsp3) is 0.462. The average molecular weight is 301 g/mol. The van der Waals surface area contributed by atoms with Gasteiger partial charge in [0.1, 0.15) is 5.75 Å². The third-order valence-corrected chi connectivity index (χ3v) is 2.76. The van der Waals surface area contributed by atoms with Crippen molar-refractivity contribution in [2.24, 2.45) is 0 Å². The van der Waals surface area contributed by atoms with Gasteiger partial charge in [-0.1, -0.05) is 15.9 Å². The van der Waals surface area contributed by atoms with Gasteiger partial charge >= 0.3 is 5.97 Å². The summed E-state index contributed by atoms with van der Waals surface area (Å²) in [5.74, 6) is 0.327. The molecular formula is C13H17BrO3. The summed E-state index contributed by atoms with van der Waals surface area (Å²) in [7, 11) is 0. The number of esters is 1. The van der Waals surface area contributed by atoms with Gasteiger partial charge in [0.25, 0.3) is 0 Å². The van der Waals surface area contributed by atoms with Gasteiger partial charge in [0.15, 0.2) is 5.60 Å². The minimum atomic E-state index is -0.978. The molecule has 0 aliphatic carbocycles. The van der Waals surface area contributed by atoms with Crippen molar-refractivity contribution in [3.05, 3.63) is 28.2 Å². The SMILES string of the molecule is CCOC(=O)C(C)(C)Oc1ccc(Br)cc1C. The zero-order valence-corrected chi connectivity index (χ0v) is 12.1. The molecule has 0 aliphatic heterocycles. The highest BCUT2D eigenvalue weighted by molar-refractivity contribution is 9.10. The summed E-state index contributed by atoms with van der Waals surface area (Å²) < 4.78 is 11.7. The molecular weight excluding hydrogens is 284 g/mol. The predicted molar refractivity (Wildman–Crippen MR) is 70.2 cm³/mol. The Kier molecular flexibility index (Phi) is 4.57. The lowest BCUT2D eigenvalue weighted by Gasteiger charge is -2.25. The topological polar surface area (TPSA) is 35.5 Å². The van der Waals surface area contributed by atoms with Gasteiger partial charge in [-0.15, -0.1) is 0 Å². The number of halogens is 1. The molecule has 94 valence electrons. The maximum absolute atomic E-state index is 11.7. The summed E-state index contributed by atoms with van der Waals surface area (Å²) in [5.41, 5.74) is -0.00837. The van der Waals surface area contributed by atoms with E-state index in [1.165, 1.54) is 0 Å². The molecule has 0 fully saturated rings. The average Bonchev–Trinajstić information content (AvgIpc) is 2.22. The second-order valence-electron chi connectivity index (χ2n) is 4.24. The second kappa shape index (κ2) is 5.54. The van der Waals surface area contributed by atoms with Crippen LogP contribution in [0.4, 0.5) is 0 Å². The van der Waals surface area contributed by atoms with E-state index < -0.39 is 5.60 Å². The highest BCUT2D eigenvalue weighted by atomic mass is 79.9. The third-order valence-electron chi connectivity index (χ3n) is 2.27. The number of carbonyl (C=O) groups excluding carboxylic acids is 1. The smallest absolute Gasteiger partial charge is 0.349 e. The highest BCUT2D eigenvalue weighted by Gasteiger charge is 2.31. The van der Waals surface area contributed by atoms with Crippen LogP contribution >= 0.6 is 15.9 Å². The molecule has 0 spiro atoms. The molecule has 0 saturated carbocycles.